The summed E-state index contributed by atoms with van der Waals surface area (Å²) in [5, 5.41) is 20.8. The van der Waals surface area contributed by atoms with E-state index >= 15 is 0 Å². The average molecular weight is 611 g/mol. The maximum absolute atomic E-state index is 9.81. The molecule has 0 spiro atoms. The minimum Gasteiger partial charge on any atom is -0.368 e. The molecule has 4 aliphatic carbocycles. The first-order valence-corrected chi connectivity index (χ1v) is 17.3. The number of aromatic nitrogens is 2. The van der Waals surface area contributed by atoms with Crippen LogP contribution in [0.3, 0.4) is 0 Å². The molecule has 8 nitrogen and oxygen atoms in total. The van der Waals surface area contributed by atoms with E-state index in [1.54, 1.807) is 18.0 Å². The van der Waals surface area contributed by atoms with Gasteiger partial charge in [-0.05, 0) is 79.6 Å². The second kappa shape index (κ2) is 13.1. The molecule has 44 heavy (non-hydrogen) atoms. The topological polar surface area (TPSA) is 104 Å². The SMILES string of the molecule is CSc1ccccc1CNc1ncc(C#N)c(NCC23CC4CC(C2)C(NCC2CCOC(c5ccccc5)O2)[C@H](C4)C3)n1. The fourth-order valence-corrected chi connectivity index (χ4v) is 9.13. The molecule has 5 fully saturated rings. The molecule has 6 unspecified atom stereocenters. The molecule has 5 aliphatic rings. The molecule has 1 aliphatic heterocycles. The van der Waals surface area contributed by atoms with Gasteiger partial charge in [-0.15, -0.1) is 11.8 Å². The second-order valence-corrected chi connectivity index (χ2v) is 14.0. The zero-order valence-corrected chi connectivity index (χ0v) is 26.2. The van der Waals surface area contributed by atoms with E-state index in [1.165, 1.54) is 42.6 Å². The van der Waals surface area contributed by atoms with Crippen LogP contribution in [0.1, 0.15) is 61.5 Å². The zero-order valence-electron chi connectivity index (χ0n) is 25.4. The Kier molecular flexibility index (Phi) is 8.77. The van der Waals surface area contributed by atoms with Crippen molar-refractivity contribution in [2.45, 2.75) is 68.4 Å². The molecule has 3 aromatic rings. The first-order chi connectivity index (χ1) is 21.6. The fraction of sp³-hybridized carbons (Fsp3) is 0.514. The highest BCUT2D eigenvalue weighted by atomic mass is 32.2. The van der Waals surface area contributed by atoms with Gasteiger partial charge in [-0.2, -0.15) is 10.2 Å². The molecule has 3 N–H and O–H groups in total. The highest BCUT2D eigenvalue weighted by molar-refractivity contribution is 7.98. The Morgan fingerprint density at radius 3 is 2.61 bits per heavy atom. The summed E-state index contributed by atoms with van der Waals surface area (Å²) in [5.41, 5.74) is 3.05. The third-order valence-electron chi connectivity index (χ3n) is 10.2. The van der Waals surface area contributed by atoms with Gasteiger partial charge in [-0.3, -0.25) is 0 Å². The van der Waals surface area contributed by atoms with Crippen LogP contribution in [0.4, 0.5) is 11.8 Å². The average Bonchev–Trinajstić information content (AvgIpc) is 3.06. The lowest BCUT2D eigenvalue weighted by Gasteiger charge is -2.60. The molecule has 8 rings (SSSR count). The van der Waals surface area contributed by atoms with Gasteiger partial charge in [0.05, 0.1) is 18.9 Å². The number of benzene rings is 2. The summed E-state index contributed by atoms with van der Waals surface area (Å²) in [4.78, 5) is 10.4. The van der Waals surface area contributed by atoms with Crippen molar-refractivity contribution >= 4 is 23.5 Å². The summed E-state index contributed by atoms with van der Waals surface area (Å²) in [6.45, 7) is 3.10. The highest BCUT2D eigenvalue weighted by Crippen LogP contribution is 2.60. The van der Waals surface area contributed by atoms with E-state index in [2.05, 4.69) is 69.7 Å². The quantitative estimate of drug-likeness (QED) is 0.213. The first-order valence-electron chi connectivity index (χ1n) is 16.0. The fourth-order valence-electron chi connectivity index (χ4n) is 8.51. The van der Waals surface area contributed by atoms with E-state index in [4.69, 9.17) is 14.5 Å². The van der Waals surface area contributed by atoms with E-state index in [9.17, 15) is 5.26 Å². The number of anilines is 2. The standard InChI is InChI=1S/C35H42N6O2S/c1-44-30-10-6-5-9-25(30)19-38-34-39-20-28(18-36)32(41-34)40-22-35-15-23-13-26(16-35)31(27(14-23)17-35)37-21-29-11-12-42-33(43-29)24-7-3-2-4-8-24/h2-10,20,23,26-27,29,31,33,37H,11-17,19,21-22H2,1H3,(H2,38,39,40,41)/t23?,26-,27?,29?,31?,33?,35?/m1/s1. The number of thioether (sulfide) groups is 1. The van der Waals surface area contributed by atoms with E-state index in [0.717, 1.165) is 37.6 Å². The van der Waals surface area contributed by atoms with Crippen LogP contribution in [0.5, 0.6) is 0 Å². The monoisotopic (exact) mass is 610 g/mol. The Hall–Kier alpha value is -3.16. The van der Waals surface area contributed by atoms with Gasteiger partial charge in [0.25, 0.3) is 0 Å². The van der Waals surface area contributed by atoms with E-state index in [0.29, 0.717) is 41.8 Å². The van der Waals surface area contributed by atoms with Crippen LogP contribution in [0.15, 0.2) is 65.7 Å². The van der Waals surface area contributed by atoms with Crippen molar-refractivity contribution in [1.82, 2.24) is 15.3 Å². The minimum absolute atomic E-state index is 0.168. The Balaban J connectivity index is 0.964. The number of rotatable bonds is 11. The summed E-state index contributed by atoms with van der Waals surface area (Å²) in [6, 6.07) is 21.5. The van der Waals surface area contributed by atoms with Gasteiger partial charge in [0.2, 0.25) is 5.95 Å². The summed E-state index contributed by atoms with van der Waals surface area (Å²) < 4.78 is 12.3. The smallest absolute Gasteiger partial charge is 0.224 e. The molecule has 1 aromatic heterocycles. The number of hydrogen-bond acceptors (Lipinski definition) is 9. The Morgan fingerprint density at radius 2 is 1.82 bits per heavy atom. The largest absolute Gasteiger partial charge is 0.368 e. The molecule has 9 heteroatoms. The molecule has 0 amide bonds. The van der Waals surface area contributed by atoms with Gasteiger partial charge < -0.3 is 25.4 Å². The lowest BCUT2D eigenvalue weighted by Crippen LogP contribution is -2.60. The summed E-state index contributed by atoms with van der Waals surface area (Å²) in [7, 11) is 0. The van der Waals surface area contributed by atoms with E-state index in [-0.39, 0.29) is 17.8 Å². The van der Waals surface area contributed by atoms with Crippen molar-refractivity contribution in [2.24, 2.45) is 23.2 Å². The lowest BCUT2D eigenvalue weighted by atomic mass is 9.48. The summed E-state index contributed by atoms with van der Waals surface area (Å²) in [5.74, 6) is 3.34. The number of nitrogens with one attached hydrogen (secondary N) is 3. The molecule has 2 heterocycles. The number of hydrogen-bond donors (Lipinski definition) is 3. The van der Waals surface area contributed by atoms with Crippen molar-refractivity contribution in [3.05, 3.63) is 77.5 Å². The highest BCUT2D eigenvalue weighted by Gasteiger charge is 2.55. The minimum atomic E-state index is -0.272. The van der Waals surface area contributed by atoms with Crippen molar-refractivity contribution in [3.8, 4) is 6.07 Å². The Morgan fingerprint density at radius 1 is 1.02 bits per heavy atom. The van der Waals surface area contributed by atoms with Gasteiger partial charge >= 0.3 is 0 Å². The molecule has 1 saturated heterocycles. The molecular weight excluding hydrogens is 568 g/mol. The van der Waals surface area contributed by atoms with Gasteiger partial charge in [0.15, 0.2) is 6.29 Å². The van der Waals surface area contributed by atoms with Crippen LogP contribution in [0, 0.1) is 34.5 Å². The van der Waals surface area contributed by atoms with Crippen LogP contribution in [0.2, 0.25) is 0 Å². The number of ether oxygens (including phenoxy) is 2. The van der Waals surface area contributed by atoms with Crippen molar-refractivity contribution in [1.29, 1.82) is 5.26 Å². The molecule has 2 aromatic carbocycles. The molecule has 4 bridgehead atoms. The maximum atomic E-state index is 9.81. The molecule has 4 saturated carbocycles. The Labute approximate surface area is 264 Å². The normalized spacial score (nSPS) is 30.5. The number of nitrogens with zero attached hydrogens (tertiary/aromatic N) is 3. The molecule has 0 radical (unpaired) electrons. The van der Waals surface area contributed by atoms with Crippen LogP contribution >= 0.6 is 11.8 Å². The van der Waals surface area contributed by atoms with Crippen molar-refractivity contribution < 1.29 is 9.47 Å². The van der Waals surface area contributed by atoms with Gasteiger partial charge in [-0.1, -0.05) is 48.5 Å². The van der Waals surface area contributed by atoms with Crippen molar-refractivity contribution in [3.63, 3.8) is 0 Å². The first kappa shape index (κ1) is 29.5. The third kappa shape index (κ3) is 6.32. The lowest BCUT2D eigenvalue weighted by molar-refractivity contribution is -0.216. The third-order valence-corrected chi connectivity index (χ3v) is 11.1. The predicted octanol–water partition coefficient (Wildman–Crippen LogP) is 6.38. The molecule has 230 valence electrons. The van der Waals surface area contributed by atoms with E-state index < -0.39 is 0 Å². The van der Waals surface area contributed by atoms with Crippen molar-refractivity contribution in [2.75, 3.05) is 36.6 Å². The maximum Gasteiger partial charge on any atom is 0.224 e. The van der Waals surface area contributed by atoms with Crippen LogP contribution in [-0.4, -0.2) is 48.1 Å². The van der Waals surface area contributed by atoms with Crippen LogP contribution in [-0.2, 0) is 16.0 Å². The van der Waals surface area contributed by atoms with Crippen LogP contribution in [0.25, 0.3) is 0 Å². The summed E-state index contributed by atoms with van der Waals surface area (Å²) >= 11 is 1.73. The zero-order chi connectivity index (χ0) is 29.9. The van der Waals surface area contributed by atoms with Gasteiger partial charge in [-0.25, -0.2) is 4.98 Å². The van der Waals surface area contributed by atoms with Gasteiger partial charge in [0.1, 0.15) is 17.5 Å². The van der Waals surface area contributed by atoms with Gasteiger partial charge in [0, 0.05) is 36.1 Å². The number of nitriles is 1. The molecule has 7 atom stereocenters. The molecular formula is C35H42N6O2S. The van der Waals surface area contributed by atoms with E-state index in [1.807, 2.05) is 18.2 Å². The predicted molar refractivity (Wildman–Crippen MR) is 173 cm³/mol. The second-order valence-electron chi connectivity index (χ2n) is 13.2. The Bertz CT molecular complexity index is 1470. The van der Waals surface area contributed by atoms with Crippen LogP contribution < -0.4 is 16.0 Å². The summed E-state index contributed by atoms with van der Waals surface area (Å²) in [6.07, 6.45) is 10.9.